The number of nitrogens with one attached hydrogen (secondary N) is 1. The molecule has 8 heteroatoms. The van der Waals surface area contributed by atoms with Crippen LogP contribution in [0.3, 0.4) is 0 Å². The molecule has 0 spiro atoms. The highest BCUT2D eigenvalue weighted by molar-refractivity contribution is 5.94. The third kappa shape index (κ3) is 4.44. The molecule has 0 heterocycles. The van der Waals surface area contributed by atoms with Gasteiger partial charge in [-0.25, -0.2) is 4.79 Å². The fraction of sp³-hybridized carbons (Fsp3) is 0.385. The van der Waals surface area contributed by atoms with Crippen LogP contribution < -0.4 is 10.2 Å². The quantitative estimate of drug-likeness (QED) is 0.578. The monoisotopic (exact) mass is 295 g/mol. The van der Waals surface area contributed by atoms with E-state index in [1.807, 2.05) is 6.92 Å². The van der Waals surface area contributed by atoms with Crippen LogP contribution in [-0.2, 0) is 4.79 Å². The van der Waals surface area contributed by atoms with E-state index in [-0.39, 0.29) is 12.5 Å². The predicted molar refractivity (Wildman–Crippen MR) is 76.6 cm³/mol. The Morgan fingerprint density at radius 1 is 1.43 bits per heavy atom. The van der Waals surface area contributed by atoms with Crippen molar-refractivity contribution in [1.82, 2.24) is 5.32 Å². The summed E-state index contributed by atoms with van der Waals surface area (Å²) in [6.45, 7) is 2.53. The van der Waals surface area contributed by atoms with E-state index < -0.39 is 22.1 Å². The molecule has 0 bridgehead atoms. The van der Waals surface area contributed by atoms with Crippen LogP contribution in [-0.4, -0.2) is 42.0 Å². The van der Waals surface area contributed by atoms with E-state index in [0.717, 1.165) is 12.5 Å². The highest BCUT2D eigenvalue weighted by Crippen LogP contribution is 2.24. The molecule has 0 fully saturated rings. The van der Waals surface area contributed by atoms with Gasteiger partial charge in [-0.15, -0.1) is 0 Å². The molecule has 0 unspecified atom stereocenters. The van der Waals surface area contributed by atoms with Gasteiger partial charge >= 0.3 is 5.97 Å². The van der Waals surface area contributed by atoms with E-state index in [1.54, 1.807) is 7.05 Å². The number of carboxylic acid groups (broad SMARTS) is 1. The number of amides is 1. The van der Waals surface area contributed by atoms with Crippen molar-refractivity contribution >= 4 is 23.3 Å². The molecule has 114 valence electrons. The molecule has 8 nitrogen and oxygen atoms in total. The van der Waals surface area contributed by atoms with Crippen molar-refractivity contribution in [2.24, 2.45) is 0 Å². The SMILES string of the molecule is CCCNC(=O)CN(C)c1ccc([N+](=O)[O-])c(C(=O)O)c1. The molecule has 0 aliphatic carbocycles. The Labute approximate surface area is 121 Å². The maximum atomic E-state index is 11.6. The second-order valence-corrected chi connectivity index (χ2v) is 4.47. The smallest absolute Gasteiger partial charge is 0.342 e. The highest BCUT2D eigenvalue weighted by atomic mass is 16.6. The third-order valence-corrected chi connectivity index (χ3v) is 2.80. The van der Waals surface area contributed by atoms with Crippen LogP contribution in [0.5, 0.6) is 0 Å². The first-order valence-corrected chi connectivity index (χ1v) is 6.36. The van der Waals surface area contributed by atoms with Crippen molar-refractivity contribution < 1.29 is 19.6 Å². The van der Waals surface area contributed by atoms with Crippen LogP contribution in [0.15, 0.2) is 18.2 Å². The number of aromatic carboxylic acids is 1. The first-order chi connectivity index (χ1) is 9.86. The summed E-state index contributed by atoms with van der Waals surface area (Å²) in [7, 11) is 1.61. The Hall–Kier alpha value is -2.64. The molecule has 21 heavy (non-hydrogen) atoms. The minimum absolute atomic E-state index is 0.0386. The summed E-state index contributed by atoms with van der Waals surface area (Å²) in [5.74, 6) is -1.58. The third-order valence-electron chi connectivity index (χ3n) is 2.80. The summed E-state index contributed by atoms with van der Waals surface area (Å²) in [5, 5.41) is 22.5. The van der Waals surface area contributed by atoms with Gasteiger partial charge in [0.05, 0.1) is 11.5 Å². The number of rotatable bonds is 7. The van der Waals surface area contributed by atoms with Gasteiger partial charge in [-0.2, -0.15) is 0 Å². The van der Waals surface area contributed by atoms with Crippen LogP contribution in [0.25, 0.3) is 0 Å². The molecule has 1 amide bonds. The van der Waals surface area contributed by atoms with Crippen LogP contribution in [0.4, 0.5) is 11.4 Å². The molecular weight excluding hydrogens is 278 g/mol. The lowest BCUT2D eigenvalue weighted by molar-refractivity contribution is -0.385. The molecule has 0 aliphatic heterocycles. The van der Waals surface area contributed by atoms with Gasteiger partial charge in [0, 0.05) is 25.3 Å². The zero-order valence-electron chi connectivity index (χ0n) is 11.8. The average molecular weight is 295 g/mol. The number of hydrogen-bond donors (Lipinski definition) is 2. The normalized spacial score (nSPS) is 10.0. The first kappa shape index (κ1) is 16.4. The van der Waals surface area contributed by atoms with E-state index in [1.165, 1.54) is 17.0 Å². The Morgan fingerprint density at radius 2 is 2.10 bits per heavy atom. The van der Waals surface area contributed by atoms with Gasteiger partial charge in [-0.1, -0.05) is 6.92 Å². The number of benzene rings is 1. The maximum Gasteiger partial charge on any atom is 0.342 e. The van der Waals surface area contributed by atoms with Crippen molar-refractivity contribution in [2.75, 3.05) is 25.0 Å². The van der Waals surface area contributed by atoms with Crippen molar-refractivity contribution in [1.29, 1.82) is 0 Å². The molecule has 0 saturated carbocycles. The highest BCUT2D eigenvalue weighted by Gasteiger charge is 2.21. The fourth-order valence-corrected chi connectivity index (χ4v) is 1.72. The van der Waals surface area contributed by atoms with Crippen LogP contribution >= 0.6 is 0 Å². The van der Waals surface area contributed by atoms with E-state index in [0.29, 0.717) is 12.2 Å². The number of nitro benzene ring substituents is 1. The number of carbonyl (C=O) groups excluding carboxylic acids is 1. The number of carbonyl (C=O) groups is 2. The van der Waals surface area contributed by atoms with Gasteiger partial charge < -0.3 is 15.3 Å². The molecule has 1 rings (SSSR count). The summed E-state index contributed by atoms with van der Waals surface area (Å²) in [5.41, 5.74) is -0.460. The summed E-state index contributed by atoms with van der Waals surface area (Å²) >= 11 is 0. The number of nitro groups is 1. The predicted octanol–water partition coefficient (Wildman–Crippen LogP) is 1.26. The standard InChI is InChI=1S/C13H17N3O5/c1-3-6-14-12(17)8-15(2)9-4-5-11(16(20)21)10(7-9)13(18)19/h4-5,7H,3,6,8H2,1-2H3,(H,14,17)(H,18,19). The van der Waals surface area contributed by atoms with Gasteiger partial charge in [-0.3, -0.25) is 14.9 Å². The molecule has 0 atom stereocenters. The van der Waals surface area contributed by atoms with Crippen LogP contribution in [0.2, 0.25) is 0 Å². The van der Waals surface area contributed by atoms with Gasteiger partial charge in [0.15, 0.2) is 0 Å². The zero-order valence-corrected chi connectivity index (χ0v) is 11.8. The number of anilines is 1. The number of nitrogens with zero attached hydrogens (tertiary/aromatic N) is 2. The summed E-state index contributed by atoms with van der Waals surface area (Å²) in [6.07, 6.45) is 0.816. The number of likely N-dealkylation sites (N-methyl/N-ethyl adjacent to an activating group) is 1. The lowest BCUT2D eigenvalue weighted by Crippen LogP contribution is -2.35. The summed E-state index contributed by atoms with van der Waals surface area (Å²) in [6, 6.07) is 3.73. The summed E-state index contributed by atoms with van der Waals surface area (Å²) < 4.78 is 0. The lowest BCUT2D eigenvalue weighted by Gasteiger charge is -2.19. The maximum absolute atomic E-state index is 11.6. The average Bonchev–Trinajstić information content (AvgIpc) is 2.44. The molecule has 0 aliphatic rings. The molecule has 0 radical (unpaired) electrons. The van der Waals surface area contributed by atoms with Crippen molar-refractivity contribution in [3.8, 4) is 0 Å². The van der Waals surface area contributed by atoms with Crippen molar-refractivity contribution in [3.05, 3.63) is 33.9 Å². The van der Waals surface area contributed by atoms with Crippen LogP contribution in [0.1, 0.15) is 23.7 Å². The van der Waals surface area contributed by atoms with Crippen molar-refractivity contribution in [3.63, 3.8) is 0 Å². The van der Waals surface area contributed by atoms with Gasteiger partial charge in [-0.05, 0) is 18.6 Å². The summed E-state index contributed by atoms with van der Waals surface area (Å²) in [4.78, 5) is 34.2. The lowest BCUT2D eigenvalue weighted by atomic mass is 10.1. The van der Waals surface area contributed by atoms with Crippen molar-refractivity contribution in [2.45, 2.75) is 13.3 Å². The molecule has 0 aromatic heterocycles. The minimum Gasteiger partial charge on any atom is -0.477 e. The van der Waals surface area contributed by atoms with Crippen LogP contribution in [0, 0.1) is 10.1 Å². The van der Waals surface area contributed by atoms with Gasteiger partial charge in [0.25, 0.3) is 5.69 Å². The van der Waals surface area contributed by atoms with E-state index in [9.17, 15) is 19.7 Å². The number of carboxylic acids is 1. The molecule has 0 saturated heterocycles. The largest absolute Gasteiger partial charge is 0.477 e. The van der Waals surface area contributed by atoms with Gasteiger partial charge in [0.1, 0.15) is 5.56 Å². The second kappa shape index (κ2) is 7.22. The topological polar surface area (TPSA) is 113 Å². The molecule has 1 aromatic rings. The molecule has 2 N–H and O–H groups in total. The molecule has 1 aromatic carbocycles. The second-order valence-electron chi connectivity index (χ2n) is 4.47. The Balaban J connectivity index is 2.93. The zero-order chi connectivity index (χ0) is 16.0. The van der Waals surface area contributed by atoms with E-state index in [4.69, 9.17) is 5.11 Å². The van der Waals surface area contributed by atoms with E-state index >= 15 is 0 Å². The minimum atomic E-state index is -1.38. The number of hydrogen-bond acceptors (Lipinski definition) is 5. The van der Waals surface area contributed by atoms with E-state index in [2.05, 4.69) is 5.32 Å². The Morgan fingerprint density at radius 3 is 2.62 bits per heavy atom. The fourth-order valence-electron chi connectivity index (χ4n) is 1.72. The van der Waals surface area contributed by atoms with Gasteiger partial charge in [0.2, 0.25) is 5.91 Å². The first-order valence-electron chi connectivity index (χ1n) is 6.36. The Bertz CT molecular complexity index is 559. The molecular formula is C13H17N3O5. The Kier molecular flexibility index (Phi) is 5.65.